The Hall–Kier alpha value is -1.72. The molecule has 0 radical (unpaired) electrons. The van der Waals surface area contributed by atoms with Gasteiger partial charge >= 0.3 is 0 Å². The van der Waals surface area contributed by atoms with Crippen LogP contribution in [0.3, 0.4) is 0 Å². The average molecular weight is 360 g/mol. The maximum Gasteiger partial charge on any atom is 0.231 e. The summed E-state index contributed by atoms with van der Waals surface area (Å²) in [7, 11) is 0. The van der Waals surface area contributed by atoms with Gasteiger partial charge in [-0.2, -0.15) is 4.98 Å². The van der Waals surface area contributed by atoms with Crippen LogP contribution in [0.2, 0.25) is 5.28 Å². The van der Waals surface area contributed by atoms with Crippen LogP contribution in [0.5, 0.6) is 0 Å². The fourth-order valence-corrected chi connectivity index (χ4v) is 3.66. The van der Waals surface area contributed by atoms with Crippen LogP contribution >= 0.6 is 11.6 Å². The molecule has 25 heavy (non-hydrogen) atoms. The normalized spacial score (nSPS) is 16.8. The Bertz CT molecular complexity index is 733. The van der Waals surface area contributed by atoms with Gasteiger partial charge in [0.1, 0.15) is 6.33 Å². The number of anilines is 2. The smallest absolute Gasteiger partial charge is 0.231 e. The van der Waals surface area contributed by atoms with Crippen LogP contribution in [0.4, 0.5) is 11.6 Å². The molecule has 0 unspecified atom stereocenters. The first-order valence-corrected chi connectivity index (χ1v) is 9.18. The van der Waals surface area contributed by atoms with E-state index in [9.17, 15) is 0 Å². The summed E-state index contributed by atoms with van der Waals surface area (Å²) in [4.78, 5) is 14.5. The minimum absolute atomic E-state index is 0.191. The summed E-state index contributed by atoms with van der Waals surface area (Å²) in [5, 5.41) is 3.38. The van der Waals surface area contributed by atoms with Crippen LogP contribution in [0.15, 0.2) is 24.5 Å². The molecule has 2 heterocycles. The molecule has 0 bridgehead atoms. The Morgan fingerprint density at radius 3 is 2.48 bits per heavy atom. The number of likely N-dealkylation sites (tertiary alicyclic amines) is 1. The van der Waals surface area contributed by atoms with Gasteiger partial charge in [-0.05, 0) is 94.4 Å². The van der Waals surface area contributed by atoms with E-state index < -0.39 is 0 Å². The number of rotatable bonds is 3. The average Bonchev–Trinajstić information content (AvgIpc) is 2.54. The molecule has 1 aromatic carbocycles. The highest BCUT2D eigenvalue weighted by atomic mass is 35.5. The minimum atomic E-state index is 0.191. The predicted molar refractivity (Wildman–Crippen MR) is 103 cm³/mol. The molecule has 0 amide bonds. The first kappa shape index (κ1) is 18.1. The van der Waals surface area contributed by atoms with Crippen molar-refractivity contribution in [3.63, 3.8) is 0 Å². The second-order valence-corrected chi connectivity index (χ2v) is 8.04. The largest absolute Gasteiger partial charge is 0.324 e. The zero-order valence-electron chi connectivity index (χ0n) is 15.4. The molecule has 5 nitrogen and oxygen atoms in total. The SMILES string of the molecule is Cc1cc(Nc2ncnc(Cl)n2)ccc1C1CCN(C(C)(C)C)CC1. The number of aryl methyl sites for hydroxylation is 1. The number of halogens is 1. The van der Waals surface area contributed by atoms with E-state index in [-0.39, 0.29) is 10.8 Å². The zero-order chi connectivity index (χ0) is 18.0. The fraction of sp³-hybridized carbons (Fsp3) is 0.526. The first-order chi connectivity index (χ1) is 11.8. The van der Waals surface area contributed by atoms with Gasteiger partial charge in [-0.3, -0.25) is 4.90 Å². The summed E-state index contributed by atoms with van der Waals surface area (Å²) in [6.07, 6.45) is 3.84. The van der Waals surface area contributed by atoms with E-state index in [0.29, 0.717) is 11.9 Å². The summed E-state index contributed by atoms with van der Waals surface area (Å²) in [6.45, 7) is 11.4. The van der Waals surface area contributed by atoms with E-state index in [4.69, 9.17) is 11.6 Å². The summed E-state index contributed by atoms with van der Waals surface area (Å²) in [5.74, 6) is 1.10. The Kier molecular flexibility index (Phi) is 5.25. The lowest BCUT2D eigenvalue weighted by Crippen LogP contribution is -2.45. The van der Waals surface area contributed by atoms with E-state index in [0.717, 1.165) is 18.8 Å². The van der Waals surface area contributed by atoms with Gasteiger partial charge in [0, 0.05) is 11.2 Å². The quantitative estimate of drug-likeness (QED) is 0.870. The molecule has 3 rings (SSSR count). The summed E-state index contributed by atoms with van der Waals surface area (Å²) >= 11 is 5.81. The fourth-order valence-electron chi connectivity index (χ4n) is 3.54. The lowest BCUT2D eigenvalue weighted by Gasteiger charge is -2.41. The third kappa shape index (κ3) is 4.47. The van der Waals surface area contributed by atoms with E-state index in [1.165, 1.54) is 30.3 Å². The molecule has 1 fully saturated rings. The Morgan fingerprint density at radius 1 is 1.16 bits per heavy atom. The van der Waals surface area contributed by atoms with Crippen molar-refractivity contribution in [1.82, 2.24) is 19.9 Å². The van der Waals surface area contributed by atoms with Gasteiger partial charge in [0.15, 0.2) is 0 Å². The van der Waals surface area contributed by atoms with Gasteiger partial charge in [-0.1, -0.05) is 6.07 Å². The second-order valence-electron chi connectivity index (χ2n) is 7.71. The first-order valence-electron chi connectivity index (χ1n) is 8.80. The molecule has 6 heteroatoms. The standard InChI is InChI=1S/C19H26ClN5/c1-13-11-15(23-18-22-12-21-17(20)24-18)5-6-16(13)14-7-9-25(10-8-14)19(2,3)4/h5-6,11-12,14H,7-10H2,1-4H3,(H,21,22,23,24). The van der Waals surface area contributed by atoms with Crippen molar-refractivity contribution in [2.24, 2.45) is 0 Å². The molecule has 0 saturated carbocycles. The van der Waals surface area contributed by atoms with Crippen molar-refractivity contribution >= 4 is 23.2 Å². The molecule has 2 aromatic rings. The molecule has 1 aliphatic heterocycles. The molecule has 0 aliphatic carbocycles. The van der Waals surface area contributed by atoms with E-state index in [1.807, 2.05) is 0 Å². The predicted octanol–water partition coefficient (Wildman–Crippen LogP) is 4.55. The van der Waals surface area contributed by atoms with Gasteiger partial charge in [0.2, 0.25) is 11.2 Å². The number of aromatic nitrogens is 3. The molecule has 1 aromatic heterocycles. The molecule has 1 aliphatic rings. The minimum Gasteiger partial charge on any atom is -0.324 e. The third-order valence-electron chi connectivity index (χ3n) is 4.95. The van der Waals surface area contributed by atoms with Crippen LogP contribution in [0.1, 0.15) is 50.7 Å². The van der Waals surface area contributed by atoms with Gasteiger partial charge in [-0.15, -0.1) is 0 Å². The number of hydrogen-bond acceptors (Lipinski definition) is 5. The second kappa shape index (κ2) is 7.26. The van der Waals surface area contributed by atoms with Crippen molar-refractivity contribution in [3.8, 4) is 0 Å². The number of nitrogens with zero attached hydrogens (tertiary/aromatic N) is 4. The highest BCUT2D eigenvalue weighted by molar-refractivity contribution is 6.28. The van der Waals surface area contributed by atoms with Crippen molar-refractivity contribution in [2.45, 2.75) is 52.0 Å². The molecule has 0 atom stereocenters. The molecule has 1 N–H and O–H groups in total. The van der Waals surface area contributed by atoms with Gasteiger partial charge < -0.3 is 5.32 Å². The number of hydrogen-bond donors (Lipinski definition) is 1. The summed E-state index contributed by atoms with van der Waals surface area (Å²) < 4.78 is 0. The topological polar surface area (TPSA) is 53.9 Å². The van der Waals surface area contributed by atoms with E-state index >= 15 is 0 Å². The third-order valence-corrected chi connectivity index (χ3v) is 5.13. The van der Waals surface area contributed by atoms with Crippen molar-refractivity contribution < 1.29 is 0 Å². The molecule has 0 spiro atoms. The highest BCUT2D eigenvalue weighted by Gasteiger charge is 2.28. The van der Waals surface area contributed by atoms with Gasteiger partial charge in [-0.25, -0.2) is 9.97 Å². The van der Waals surface area contributed by atoms with Crippen molar-refractivity contribution in [2.75, 3.05) is 18.4 Å². The van der Waals surface area contributed by atoms with Crippen LogP contribution in [0, 0.1) is 6.92 Å². The lowest BCUT2D eigenvalue weighted by atomic mass is 9.85. The monoisotopic (exact) mass is 359 g/mol. The van der Waals surface area contributed by atoms with Crippen LogP contribution in [-0.2, 0) is 0 Å². The van der Waals surface area contributed by atoms with Crippen LogP contribution < -0.4 is 5.32 Å². The lowest BCUT2D eigenvalue weighted by molar-refractivity contribution is 0.102. The van der Waals surface area contributed by atoms with Gasteiger partial charge in [0.05, 0.1) is 0 Å². The summed E-state index contributed by atoms with van der Waals surface area (Å²) in [5.41, 5.74) is 3.99. The van der Waals surface area contributed by atoms with Crippen LogP contribution in [-0.4, -0.2) is 38.5 Å². The van der Waals surface area contributed by atoms with E-state index in [1.54, 1.807) is 0 Å². The Morgan fingerprint density at radius 2 is 1.88 bits per heavy atom. The van der Waals surface area contributed by atoms with Gasteiger partial charge in [0.25, 0.3) is 0 Å². The Balaban J connectivity index is 1.68. The highest BCUT2D eigenvalue weighted by Crippen LogP contribution is 2.33. The molecule has 134 valence electrons. The maximum atomic E-state index is 5.81. The Labute approximate surface area is 154 Å². The van der Waals surface area contributed by atoms with Crippen molar-refractivity contribution in [1.29, 1.82) is 0 Å². The summed E-state index contributed by atoms with van der Waals surface area (Å²) in [6, 6.07) is 6.48. The number of piperidine rings is 1. The maximum absolute atomic E-state index is 5.81. The number of benzene rings is 1. The molecule has 1 saturated heterocycles. The zero-order valence-corrected chi connectivity index (χ0v) is 16.1. The van der Waals surface area contributed by atoms with Crippen molar-refractivity contribution in [3.05, 3.63) is 40.9 Å². The van der Waals surface area contributed by atoms with E-state index in [2.05, 4.69) is 71.1 Å². The van der Waals surface area contributed by atoms with Crippen LogP contribution in [0.25, 0.3) is 0 Å². The number of nitrogens with one attached hydrogen (secondary N) is 1. The molecular formula is C19H26ClN5. The molecular weight excluding hydrogens is 334 g/mol.